The summed E-state index contributed by atoms with van der Waals surface area (Å²) in [5, 5.41) is 29.8. The van der Waals surface area contributed by atoms with E-state index < -0.39 is 17.9 Å². The molecule has 7 heteroatoms. The second-order valence-corrected chi connectivity index (χ2v) is 9.03. The van der Waals surface area contributed by atoms with Gasteiger partial charge in [0.25, 0.3) is 0 Å². The molecule has 0 aromatic rings. The van der Waals surface area contributed by atoms with Gasteiger partial charge in [-0.2, -0.15) is 0 Å². The zero-order valence-corrected chi connectivity index (χ0v) is 24.4. The molecule has 0 atom stereocenters. The fourth-order valence-corrected chi connectivity index (χ4v) is 2.47. The Balaban J connectivity index is -0.000000174. The van der Waals surface area contributed by atoms with E-state index in [0.29, 0.717) is 17.8 Å². The van der Waals surface area contributed by atoms with Gasteiger partial charge in [0, 0.05) is 17.9 Å². The topological polar surface area (TPSA) is 120 Å². The average molecular weight is 571 g/mol. The van der Waals surface area contributed by atoms with Crippen LogP contribution in [0.1, 0.15) is 119 Å². The summed E-state index contributed by atoms with van der Waals surface area (Å²) in [4.78, 5) is 29.8. The molecule has 0 spiro atoms. The first kappa shape index (κ1) is 38.1. The van der Waals surface area contributed by atoms with Crippen molar-refractivity contribution in [2.45, 2.75) is 119 Å². The zero-order valence-electron chi connectivity index (χ0n) is 20.7. The second kappa shape index (κ2) is 27.8. The predicted octanol–water partition coefficient (Wildman–Crippen LogP) is 2.86. The van der Waals surface area contributed by atoms with Gasteiger partial charge in [-0.05, 0) is 56.3 Å². The molecule has 0 aliphatic heterocycles. The SMILES string of the molecule is CC(C)CCCCC(=O)[O-].CC(C)CCCCC(=O)[O-].CC(C)CCCCC(=O)[O-].[Pr+3]. The van der Waals surface area contributed by atoms with Crippen LogP contribution in [0.4, 0.5) is 0 Å². The van der Waals surface area contributed by atoms with Crippen LogP contribution in [0.15, 0.2) is 0 Å². The van der Waals surface area contributed by atoms with E-state index in [9.17, 15) is 29.7 Å². The van der Waals surface area contributed by atoms with Gasteiger partial charge in [0.15, 0.2) is 0 Å². The molecule has 0 saturated carbocycles. The summed E-state index contributed by atoms with van der Waals surface area (Å²) < 4.78 is 0. The van der Waals surface area contributed by atoms with Crippen LogP contribution in [0.2, 0.25) is 0 Å². The third kappa shape index (κ3) is 53.2. The standard InChI is InChI=1S/3C8H16O2.Pr/c3*1-7(2)5-3-4-6-8(9)10;/h3*7H,3-6H2,1-2H3,(H,9,10);/q;;;+3/p-3. The second-order valence-electron chi connectivity index (χ2n) is 9.03. The summed E-state index contributed by atoms with van der Waals surface area (Å²) in [6.07, 6.45) is 9.31. The van der Waals surface area contributed by atoms with E-state index in [0.717, 1.165) is 57.8 Å². The first-order valence-corrected chi connectivity index (χ1v) is 11.5. The van der Waals surface area contributed by atoms with Crippen LogP contribution in [0.25, 0.3) is 0 Å². The normalized spacial score (nSPS) is 9.97. The van der Waals surface area contributed by atoms with Crippen LogP contribution in [0.5, 0.6) is 0 Å². The Labute approximate surface area is 223 Å². The number of carboxylic acid groups (broad SMARTS) is 3. The predicted molar refractivity (Wildman–Crippen MR) is 115 cm³/mol. The number of unbranched alkanes of at least 4 members (excludes halogenated alkanes) is 3. The Kier molecular flexibility index (Phi) is 34.1. The van der Waals surface area contributed by atoms with Gasteiger partial charge in [0.05, 0.1) is 0 Å². The maximum absolute atomic E-state index is 9.93. The molecule has 0 bridgehead atoms. The minimum absolute atomic E-state index is 0. The molecule has 0 heterocycles. The van der Waals surface area contributed by atoms with E-state index in [1.54, 1.807) is 0 Å². The summed E-state index contributed by atoms with van der Waals surface area (Å²) in [5.74, 6) is -0.735. The molecule has 6 nitrogen and oxygen atoms in total. The molecular weight excluding hydrogens is 525 g/mol. The van der Waals surface area contributed by atoms with Crippen molar-refractivity contribution in [1.29, 1.82) is 0 Å². The van der Waals surface area contributed by atoms with Crippen molar-refractivity contribution in [2.75, 3.05) is 0 Å². The Bertz CT molecular complexity index is 360. The summed E-state index contributed by atoms with van der Waals surface area (Å²) >= 11 is 0. The van der Waals surface area contributed by atoms with Gasteiger partial charge in [0.1, 0.15) is 0 Å². The van der Waals surface area contributed by atoms with Crippen molar-refractivity contribution < 1.29 is 71.0 Å². The number of rotatable bonds is 15. The van der Waals surface area contributed by atoms with Crippen LogP contribution >= 0.6 is 0 Å². The monoisotopic (exact) mass is 570 g/mol. The number of aliphatic carboxylic acids is 3. The maximum Gasteiger partial charge on any atom is 3.00 e. The minimum Gasteiger partial charge on any atom is -0.550 e. The molecule has 0 N–H and O–H groups in total. The Hall–Kier alpha value is -0.226. The van der Waals surface area contributed by atoms with Crippen molar-refractivity contribution >= 4 is 17.9 Å². The van der Waals surface area contributed by atoms with Gasteiger partial charge in [0.2, 0.25) is 0 Å². The van der Waals surface area contributed by atoms with E-state index in [4.69, 9.17) is 0 Å². The molecule has 0 unspecified atom stereocenters. The molecule has 0 fully saturated rings. The van der Waals surface area contributed by atoms with Gasteiger partial charge in [-0.3, -0.25) is 0 Å². The number of hydrogen-bond acceptors (Lipinski definition) is 6. The van der Waals surface area contributed by atoms with E-state index in [2.05, 4.69) is 41.5 Å². The maximum atomic E-state index is 9.93. The molecule has 0 aromatic heterocycles. The summed E-state index contributed by atoms with van der Waals surface area (Å²) in [6.45, 7) is 12.8. The van der Waals surface area contributed by atoms with Crippen molar-refractivity contribution in [3.8, 4) is 0 Å². The Morgan fingerprint density at radius 2 is 0.677 bits per heavy atom. The third-order valence-electron chi connectivity index (χ3n) is 4.24. The molecule has 0 aromatic carbocycles. The molecule has 0 aliphatic rings. The molecule has 0 amide bonds. The van der Waals surface area contributed by atoms with E-state index in [1.165, 1.54) is 0 Å². The van der Waals surface area contributed by atoms with Gasteiger partial charge < -0.3 is 29.7 Å². The van der Waals surface area contributed by atoms with E-state index in [1.807, 2.05) is 0 Å². The first-order valence-electron chi connectivity index (χ1n) is 11.5. The smallest absolute Gasteiger partial charge is 0.550 e. The third-order valence-corrected chi connectivity index (χ3v) is 4.24. The summed E-state index contributed by atoms with van der Waals surface area (Å²) in [6, 6.07) is 0. The summed E-state index contributed by atoms with van der Waals surface area (Å²) in [7, 11) is 0. The van der Waals surface area contributed by atoms with Crippen LogP contribution in [0.3, 0.4) is 0 Å². The van der Waals surface area contributed by atoms with Gasteiger partial charge in [-0.1, -0.05) is 80.1 Å². The largest absolute Gasteiger partial charge is 3.00 e. The number of carboxylic acids is 3. The molecule has 0 rings (SSSR count). The van der Waals surface area contributed by atoms with Crippen molar-refractivity contribution in [1.82, 2.24) is 0 Å². The zero-order chi connectivity index (χ0) is 23.9. The van der Waals surface area contributed by atoms with Gasteiger partial charge >= 0.3 is 41.3 Å². The van der Waals surface area contributed by atoms with Crippen LogP contribution in [-0.2, 0) is 14.4 Å². The Morgan fingerprint density at radius 3 is 0.806 bits per heavy atom. The molecular formula is C24H45O6Pr. The number of hydrogen-bond donors (Lipinski definition) is 0. The number of carbonyl (C=O) groups is 3. The van der Waals surface area contributed by atoms with Gasteiger partial charge in [-0.25, -0.2) is 0 Å². The number of carbonyl (C=O) groups excluding carboxylic acids is 3. The Morgan fingerprint density at radius 1 is 0.484 bits per heavy atom. The minimum atomic E-state index is -0.927. The fourth-order valence-electron chi connectivity index (χ4n) is 2.47. The van der Waals surface area contributed by atoms with Gasteiger partial charge in [-0.15, -0.1) is 0 Å². The average Bonchev–Trinajstić information content (AvgIpc) is 2.60. The molecule has 180 valence electrons. The first-order chi connectivity index (χ1) is 13.9. The van der Waals surface area contributed by atoms with Crippen LogP contribution in [0, 0.1) is 59.0 Å². The van der Waals surface area contributed by atoms with E-state index in [-0.39, 0.29) is 60.6 Å². The quantitative estimate of drug-likeness (QED) is 0.279. The van der Waals surface area contributed by atoms with Crippen molar-refractivity contribution in [2.24, 2.45) is 17.8 Å². The van der Waals surface area contributed by atoms with Crippen LogP contribution < -0.4 is 15.3 Å². The van der Waals surface area contributed by atoms with E-state index >= 15 is 0 Å². The van der Waals surface area contributed by atoms with Crippen LogP contribution in [-0.4, -0.2) is 17.9 Å². The van der Waals surface area contributed by atoms with Crippen molar-refractivity contribution in [3.63, 3.8) is 0 Å². The fraction of sp³-hybridized carbons (Fsp3) is 0.875. The van der Waals surface area contributed by atoms with Crippen molar-refractivity contribution in [3.05, 3.63) is 0 Å². The molecule has 0 saturated heterocycles. The molecule has 0 aliphatic carbocycles. The molecule has 0 radical (unpaired) electrons. The molecule has 31 heavy (non-hydrogen) atoms. The summed E-state index contributed by atoms with van der Waals surface area (Å²) in [5.41, 5.74) is 0.